The van der Waals surface area contributed by atoms with Gasteiger partial charge in [0, 0.05) is 18.2 Å². The lowest BCUT2D eigenvalue weighted by atomic mass is 9.91. The fraction of sp³-hybridized carbons (Fsp3) is 0.545. The van der Waals surface area contributed by atoms with Crippen LogP contribution in [0.1, 0.15) is 13.8 Å². The molecular weight excluding hydrogens is 288 g/mol. The second kappa shape index (κ2) is 4.77. The number of thiocarbonyl (C=S) groups is 1. The van der Waals surface area contributed by atoms with Crippen LogP contribution in [0.5, 0.6) is 0 Å². The van der Waals surface area contributed by atoms with E-state index in [0.717, 1.165) is 0 Å². The molecule has 104 valence electrons. The molecule has 0 radical (unpaired) electrons. The van der Waals surface area contributed by atoms with Gasteiger partial charge in [-0.25, -0.2) is 4.79 Å². The van der Waals surface area contributed by atoms with E-state index < -0.39 is 17.5 Å². The summed E-state index contributed by atoms with van der Waals surface area (Å²) >= 11 is 6.69. The van der Waals surface area contributed by atoms with Gasteiger partial charge in [-0.15, -0.1) is 11.8 Å². The number of carboxylic acid groups (broad SMARTS) is 1. The van der Waals surface area contributed by atoms with Gasteiger partial charge in [-0.05, 0) is 6.92 Å². The summed E-state index contributed by atoms with van der Waals surface area (Å²) in [6.45, 7) is 3.04. The van der Waals surface area contributed by atoms with Crippen LogP contribution < -0.4 is 5.73 Å². The Bertz CT molecular complexity index is 501. The van der Waals surface area contributed by atoms with Gasteiger partial charge in [-0.3, -0.25) is 4.79 Å². The fourth-order valence-corrected chi connectivity index (χ4v) is 3.96. The second-order valence-electron chi connectivity index (χ2n) is 4.66. The molecule has 8 heteroatoms. The number of rotatable bonds is 3. The Morgan fingerprint density at radius 2 is 2.32 bits per heavy atom. The van der Waals surface area contributed by atoms with E-state index in [1.807, 2.05) is 0 Å². The van der Waals surface area contributed by atoms with Crippen molar-refractivity contribution in [1.82, 2.24) is 4.90 Å². The summed E-state index contributed by atoms with van der Waals surface area (Å²) in [4.78, 5) is 24.2. The quantitative estimate of drug-likeness (QED) is 0.569. The van der Waals surface area contributed by atoms with Crippen LogP contribution in [0.4, 0.5) is 0 Å². The van der Waals surface area contributed by atoms with Crippen LogP contribution in [-0.2, 0) is 14.3 Å². The monoisotopic (exact) mass is 302 g/mol. The Hall–Kier alpha value is -1.12. The smallest absolute Gasteiger partial charge is 0.352 e. The highest BCUT2D eigenvalue weighted by molar-refractivity contribution is 8.00. The molecule has 2 atom stereocenters. The molecule has 0 amide bonds. The van der Waals surface area contributed by atoms with Gasteiger partial charge in [0.1, 0.15) is 22.7 Å². The third-order valence-corrected chi connectivity index (χ3v) is 5.24. The first-order valence-corrected chi connectivity index (χ1v) is 7.05. The van der Waals surface area contributed by atoms with Gasteiger partial charge in [0.15, 0.2) is 0 Å². The molecule has 19 heavy (non-hydrogen) atoms. The van der Waals surface area contributed by atoms with Crippen LogP contribution in [0.15, 0.2) is 11.3 Å². The number of carboxylic acids is 1. The Labute approximate surface area is 119 Å². The molecule has 0 unspecified atom stereocenters. The van der Waals surface area contributed by atoms with Crippen LogP contribution in [0.3, 0.4) is 0 Å². The highest BCUT2D eigenvalue weighted by Crippen LogP contribution is 2.45. The average molecular weight is 302 g/mol. The van der Waals surface area contributed by atoms with Crippen LogP contribution in [0.2, 0.25) is 0 Å². The van der Waals surface area contributed by atoms with Crippen LogP contribution in [-0.4, -0.2) is 50.2 Å². The highest BCUT2D eigenvalue weighted by Gasteiger charge is 2.56. The zero-order valence-electron chi connectivity index (χ0n) is 10.5. The Balaban J connectivity index is 2.30. The lowest BCUT2D eigenvalue weighted by Crippen LogP contribution is -2.75. The second-order valence-corrected chi connectivity index (χ2v) is 6.11. The number of aliphatic carboxylic acids is 1. The summed E-state index contributed by atoms with van der Waals surface area (Å²) in [5, 5.41) is 9.16. The van der Waals surface area contributed by atoms with Crippen LogP contribution in [0.25, 0.3) is 0 Å². The van der Waals surface area contributed by atoms with Crippen molar-refractivity contribution >= 4 is 40.9 Å². The molecule has 0 saturated carbocycles. The average Bonchev–Trinajstić information content (AvgIpc) is 2.34. The van der Waals surface area contributed by atoms with E-state index in [2.05, 4.69) is 0 Å². The van der Waals surface area contributed by atoms with Gasteiger partial charge in [-0.1, -0.05) is 12.2 Å². The first-order chi connectivity index (χ1) is 8.76. The van der Waals surface area contributed by atoms with Gasteiger partial charge in [0.25, 0.3) is 0 Å². The van der Waals surface area contributed by atoms with Crippen molar-refractivity contribution in [3.63, 3.8) is 0 Å². The third-order valence-electron chi connectivity index (χ3n) is 3.07. The molecule has 2 aliphatic rings. The van der Waals surface area contributed by atoms with Crippen LogP contribution in [0, 0.1) is 0 Å². The maximum absolute atomic E-state index is 11.4. The fourth-order valence-electron chi connectivity index (χ4n) is 2.11. The molecule has 0 aromatic carbocycles. The summed E-state index contributed by atoms with van der Waals surface area (Å²) < 4.78 is 4.88. The molecule has 0 aromatic rings. The first-order valence-electron chi connectivity index (χ1n) is 5.59. The van der Waals surface area contributed by atoms with Crippen molar-refractivity contribution < 1.29 is 19.4 Å². The minimum atomic E-state index is -1.08. The van der Waals surface area contributed by atoms with Gasteiger partial charge in [0.2, 0.25) is 0 Å². The molecule has 1 saturated heterocycles. The molecule has 0 aliphatic carbocycles. The lowest BCUT2D eigenvalue weighted by molar-refractivity contribution is -0.140. The molecular formula is C11H14N2O4S2. The van der Waals surface area contributed by atoms with Gasteiger partial charge in [-0.2, -0.15) is 0 Å². The Morgan fingerprint density at radius 1 is 1.68 bits per heavy atom. The number of hydrogen-bond acceptors (Lipinski definition) is 6. The number of ether oxygens (including phenoxy) is 1. The van der Waals surface area contributed by atoms with Crippen molar-refractivity contribution in [2.24, 2.45) is 5.73 Å². The zero-order valence-corrected chi connectivity index (χ0v) is 12.1. The van der Waals surface area contributed by atoms with Crippen LogP contribution >= 0.6 is 24.0 Å². The molecule has 3 N–H and O–H groups in total. The minimum Gasteiger partial charge on any atom is -0.477 e. The normalized spacial score (nSPS) is 29.7. The molecule has 6 nitrogen and oxygen atoms in total. The van der Waals surface area contributed by atoms with Crippen molar-refractivity contribution in [2.75, 3.05) is 12.4 Å². The van der Waals surface area contributed by atoms with E-state index in [0.29, 0.717) is 16.3 Å². The number of carbonyl (C=O) groups excluding carboxylic acids is 1. The number of esters is 1. The van der Waals surface area contributed by atoms with E-state index in [9.17, 15) is 14.7 Å². The highest BCUT2D eigenvalue weighted by atomic mass is 32.2. The molecule has 1 fully saturated rings. The number of carbonyl (C=O) groups is 2. The standard InChI is InChI=1S/C11H14N2O4S2/c1-5(14)17-3-6-4-19-10-11(2,12)9(18)13(10)7(6)8(15)16/h10H,3-4,12H2,1-2H3,(H,15,16)/t10-,11+/m0/s1. The lowest BCUT2D eigenvalue weighted by Gasteiger charge is -2.56. The van der Waals surface area contributed by atoms with Gasteiger partial charge < -0.3 is 20.5 Å². The molecule has 0 spiro atoms. The summed E-state index contributed by atoms with van der Waals surface area (Å²) in [7, 11) is 0. The predicted octanol–water partition coefficient (Wildman–Crippen LogP) is 0.322. The third kappa shape index (κ3) is 2.24. The molecule has 2 aliphatic heterocycles. The molecule has 2 heterocycles. The summed E-state index contributed by atoms with van der Waals surface area (Å²) in [6.07, 6.45) is 0. The van der Waals surface area contributed by atoms with Crippen molar-refractivity contribution in [3.8, 4) is 0 Å². The summed E-state index contributed by atoms with van der Waals surface area (Å²) in [5.74, 6) is -1.06. The minimum absolute atomic E-state index is 0.0307. The number of fused-ring (bicyclic) bond motifs is 1. The number of nitrogens with two attached hydrogens (primary N) is 1. The first kappa shape index (κ1) is 14.3. The van der Waals surface area contributed by atoms with Gasteiger partial charge in [0.05, 0.1) is 5.54 Å². The van der Waals surface area contributed by atoms with E-state index in [1.54, 1.807) is 11.8 Å². The summed E-state index contributed by atoms with van der Waals surface area (Å²) in [5.41, 5.74) is 6.01. The zero-order chi connectivity index (χ0) is 14.4. The van der Waals surface area contributed by atoms with Crippen molar-refractivity contribution in [2.45, 2.75) is 24.8 Å². The van der Waals surface area contributed by atoms with Gasteiger partial charge >= 0.3 is 11.9 Å². The largest absolute Gasteiger partial charge is 0.477 e. The summed E-state index contributed by atoms with van der Waals surface area (Å²) in [6, 6.07) is 0. The predicted molar refractivity (Wildman–Crippen MR) is 74.6 cm³/mol. The molecule has 0 bridgehead atoms. The maximum Gasteiger partial charge on any atom is 0.352 e. The van der Waals surface area contributed by atoms with E-state index in [1.165, 1.54) is 18.7 Å². The number of nitrogens with zero attached hydrogens (tertiary/aromatic N) is 1. The Morgan fingerprint density at radius 3 is 2.84 bits per heavy atom. The number of hydrogen-bond donors (Lipinski definition) is 2. The number of thioether (sulfide) groups is 1. The van der Waals surface area contributed by atoms with E-state index in [-0.39, 0.29) is 17.7 Å². The molecule has 0 aromatic heterocycles. The SMILES string of the molecule is CC(=O)OCC1=C(C(=O)O)N2C(=S)[C@@](C)(N)[C@@H]2SC1. The molecule has 2 rings (SSSR count). The maximum atomic E-state index is 11.4. The van der Waals surface area contributed by atoms with Crippen molar-refractivity contribution in [1.29, 1.82) is 0 Å². The topological polar surface area (TPSA) is 92.9 Å². The van der Waals surface area contributed by atoms with Crippen molar-refractivity contribution in [3.05, 3.63) is 11.3 Å². The van der Waals surface area contributed by atoms with E-state index >= 15 is 0 Å². The Kier molecular flexibility index (Phi) is 3.59. The van der Waals surface area contributed by atoms with E-state index in [4.69, 9.17) is 22.7 Å².